The fourth-order valence-electron chi connectivity index (χ4n) is 2.51. The minimum atomic E-state index is -3.83. The lowest BCUT2D eigenvalue weighted by Gasteiger charge is -2.29. The maximum Gasteiger partial charge on any atom is 0.261 e. The van der Waals surface area contributed by atoms with E-state index in [0.717, 1.165) is 12.1 Å². The van der Waals surface area contributed by atoms with Crippen LogP contribution in [0.25, 0.3) is 0 Å². The lowest BCUT2D eigenvalue weighted by atomic mass is 9.93. The van der Waals surface area contributed by atoms with Gasteiger partial charge in [-0.05, 0) is 60.5 Å². The van der Waals surface area contributed by atoms with Crippen molar-refractivity contribution in [1.29, 1.82) is 0 Å². The second-order valence-electron chi connectivity index (χ2n) is 7.17. The van der Waals surface area contributed by atoms with Gasteiger partial charge in [-0.2, -0.15) is 0 Å². The third kappa shape index (κ3) is 5.51. The first kappa shape index (κ1) is 20.9. The molecule has 0 aliphatic rings. The number of sulfonamides is 1. The molecule has 0 atom stereocenters. The zero-order chi connectivity index (χ0) is 20.2. The number of hydrogen-bond acceptors (Lipinski definition) is 4. The summed E-state index contributed by atoms with van der Waals surface area (Å²) in [5.41, 5.74) is 6.25. The summed E-state index contributed by atoms with van der Waals surface area (Å²) in [7, 11) is -2.13. The molecule has 0 aromatic heterocycles. The van der Waals surface area contributed by atoms with Gasteiger partial charge in [-0.3, -0.25) is 9.52 Å². The first-order chi connectivity index (χ1) is 12.5. The summed E-state index contributed by atoms with van der Waals surface area (Å²) < 4.78 is 40.0. The number of hydrogen-bond donors (Lipinski definition) is 2. The van der Waals surface area contributed by atoms with Crippen LogP contribution in [0.2, 0.25) is 0 Å². The molecule has 0 saturated carbocycles. The van der Waals surface area contributed by atoms with Gasteiger partial charge in [0.1, 0.15) is 5.82 Å². The van der Waals surface area contributed by atoms with Gasteiger partial charge in [0.15, 0.2) is 0 Å². The highest BCUT2D eigenvalue weighted by Gasteiger charge is 2.22. The fourth-order valence-corrected chi connectivity index (χ4v) is 3.57. The Morgan fingerprint density at radius 2 is 1.67 bits per heavy atom. The van der Waals surface area contributed by atoms with E-state index in [0.29, 0.717) is 24.3 Å². The number of rotatable bonds is 7. The third-order valence-corrected chi connectivity index (χ3v) is 5.47. The molecular weight excluding hydrogens is 369 g/mol. The summed E-state index contributed by atoms with van der Waals surface area (Å²) in [6.45, 7) is 4.91. The van der Waals surface area contributed by atoms with Crippen LogP contribution in [-0.4, -0.2) is 39.4 Å². The van der Waals surface area contributed by atoms with Crippen molar-refractivity contribution in [1.82, 2.24) is 4.90 Å². The smallest absolute Gasteiger partial charge is 0.261 e. The number of carbonyl (C=O) groups excluding carboxylic acids is 1. The van der Waals surface area contributed by atoms with Gasteiger partial charge in [0.05, 0.1) is 4.90 Å². The van der Waals surface area contributed by atoms with Crippen LogP contribution in [0.5, 0.6) is 0 Å². The van der Waals surface area contributed by atoms with E-state index >= 15 is 0 Å². The Hall–Kier alpha value is -2.45. The second-order valence-corrected chi connectivity index (χ2v) is 8.85. The SMILES string of the molecule is CN(CC(C)(C)CN)C(=O)c1ccc(NS(=O)(=O)c2ccc(F)cc2)cc1. The number of benzene rings is 2. The van der Waals surface area contributed by atoms with Crippen molar-refractivity contribution in [2.75, 3.05) is 24.9 Å². The highest BCUT2D eigenvalue weighted by atomic mass is 32.2. The summed E-state index contributed by atoms with van der Waals surface area (Å²) in [5, 5.41) is 0. The molecule has 0 radical (unpaired) electrons. The molecule has 2 aromatic carbocycles. The maximum atomic E-state index is 13.0. The molecule has 0 unspecified atom stereocenters. The summed E-state index contributed by atoms with van der Waals surface area (Å²) >= 11 is 0. The Balaban J connectivity index is 2.10. The summed E-state index contributed by atoms with van der Waals surface area (Å²) in [5.74, 6) is -0.691. The molecule has 27 heavy (non-hydrogen) atoms. The highest BCUT2D eigenvalue weighted by molar-refractivity contribution is 7.92. The first-order valence-electron chi connectivity index (χ1n) is 8.38. The van der Waals surface area contributed by atoms with Gasteiger partial charge < -0.3 is 10.6 Å². The van der Waals surface area contributed by atoms with Gasteiger partial charge in [-0.15, -0.1) is 0 Å². The van der Waals surface area contributed by atoms with Crippen LogP contribution in [0.15, 0.2) is 53.4 Å². The Morgan fingerprint density at radius 1 is 1.11 bits per heavy atom. The van der Waals surface area contributed by atoms with E-state index in [1.807, 2.05) is 13.8 Å². The molecule has 3 N–H and O–H groups in total. The highest BCUT2D eigenvalue weighted by Crippen LogP contribution is 2.19. The van der Waals surface area contributed by atoms with Gasteiger partial charge in [0.25, 0.3) is 15.9 Å². The zero-order valence-electron chi connectivity index (χ0n) is 15.6. The van der Waals surface area contributed by atoms with Crippen molar-refractivity contribution < 1.29 is 17.6 Å². The number of amides is 1. The number of nitrogens with zero attached hydrogens (tertiary/aromatic N) is 1. The molecule has 1 amide bonds. The van der Waals surface area contributed by atoms with E-state index in [2.05, 4.69) is 4.72 Å². The molecule has 0 heterocycles. The second kappa shape index (κ2) is 8.06. The standard InChI is InChI=1S/C19H24FN3O3S/c1-19(2,12-21)13-23(3)18(24)14-4-8-16(9-5-14)22-27(25,26)17-10-6-15(20)7-11-17/h4-11,22H,12-13,21H2,1-3H3. The van der Waals surface area contributed by atoms with Gasteiger partial charge in [-0.25, -0.2) is 12.8 Å². The van der Waals surface area contributed by atoms with Crippen molar-refractivity contribution in [3.8, 4) is 0 Å². The van der Waals surface area contributed by atoms with Crippen molar-refractivity contribution >= 4 is 21.6 Å². The molecular formula is C19H24FN3O3S. The molecule has 0 bridgehead atoms. The lowest BCUT2D eigenvalue weighted by molar-refractivity contribution is 0.0740. The molecule has 6 nitrogen and oxygen atoms in total. The predicted octanol–water partition coefficient (Wildman–Crippen LogP) is 2.68. The van der Waals surface area contributed by atoms with Crippen molar-refractivity contribution in [2.24, 2.45) is 11.1 Å². The Morgan fingerprint density at radius 3 is 2.19 bits per heavy atom. The van der Waals surface area contributed by atoms with E-state index < -0.39 is 15.8 Å². The Labute approximate surface area is 159 Å². The van der Waals surface area contributed by atoms with E-state index in [-0.39, 0.29) is 16.2 Å². The van der Waals surface area contributed by atoms with Crippen LogP contribution in [0.1, 0.15) is 24.2 Å². The normalized spacial score (nSPS) is 11.9. The Kier molecular flexibility index (Phi) is 6.22. The van der Waals surface area contributed by atoms with E-state index in [4.69, 9.17) is 5.73 Å². The van der Waals surface area contributed by atoms with Gasteiger partial charge in [0, 0.05) is 24.8 Å². The molecule has 0 aliphatic heterocycles. The molecule has 8 heteroatoms. The average Bonchev–Trinajstić information content (AvgIpc) is 2.61. The minimum absolute atomic E-state index is 0.0483. The number of nitrogens with two attached hydrogens (primary N) is 1. The van der Waals surface area contributed by atoms with Crippen molar-refractivity contribution in [3.63, 3.8) is 0 Å². The molecule has 0 aliphatic carbocycles. The predicted molar refractivity (Wildman–Crippen MR) is 103 cm³/mol. The largest absolute Gasteiger partial charge is 0.341 e. The minimum Gasteiger partial charge on any atom is -0.341 e. The van der Waals surface area contributed by atoms with E-state index in [1.165, 1.54) is 24.3 Å². The monoisotopic (exact) mass is 393 g/mol. The topological polar surface area (TPSA) is 92.5 Å². The number of anilines is 1. The van der Waals surface area contributed by atoms with Gasteiger partial charge in [-0.1, -0.05) is 13.8 Å². The van der Waals surface area contributed by atoms with Crippen LogP contribution < -0.4 is 10.5 Å². The van der Waals surface area contributed by atoms with Crippen LogP contribution in [0.4, 0.5) is 10.1 Å². The third-order valence-electron chi connectivity index (χ3n) is 4.07. The van der Waals surface area contributed by atoms with Crippen LogP contribution in [0.3, 0.4) is 0 Å². The molecule has 0 fully saturated rings. The fraction of sp³-hybridized carbons (Fsp3) is 0.316. The Bertz CT molecular complexity index is 895. The van der Waals surface area contributed by atoms with Crippen molar-refractivity contribution in [3.05, 3.63) is 59.9 Å². The molecule has 0 saturated heterocycles. The van der Waals surface area contributed by atoms with E-state index in [1.54, 1.807) is 24.1 Å². The number of nitrogens with one attached hydrogen (secondary N) is 1. The van der Waals surface area contributed by atoms with Gasteiger partial charge >= 0.3 is 0 Å². The number of carbonyl (C=O) groups is 1. The van der Waals surface area contributed by atoms with Crippen molar-refractivity contribution in [2.45, 2.75) is 18.7 Å². The van der Waals surface area contributed by atoms with Crippen LogP contribution in [-0.2, 0) is 10.0 Å². The van der Waals surface area contributed by atoms with Gasteiger partial charge in [0.2, 0.25) is 0 Å². The summed E-state index contributed by atoms with van der Waals surface area (Å²) in [6, 6.07) is 10.7. The summed E-state index contributed by atoms with van der Waals surface area (Å²) in [6.07, 6.45) is 0. The van der Waals surface area contributed by atoms with Crippen LogP contribution >= 0.6 is 0 Å². The summed E-state index contributed by atoms with van der Waals surface area (Å²) in [4.78, 5) is 14.0. The quantitative estimate of drug-likeness (QED) is 0.756. The lowest BCUT2D eigenvalue weighted by Crippen LogP contribution is -2.39. The molecule has 146 valence electrons. The van der Waals surface area contributed by atoms with Crippen LogP contribution in [0, 0.1) is 11.2 Å². The molecule has 2 aromatic rings. The first-order valence-corrected chi connectivity index (χ1v) is 9.86. The maximum absolute atomic E-state index is 13.0. The molecule has 2 rings (SSSR count). The number of halogens is 1. The molecule has 0 spiro atoms. The zero-order valence-corrected chi connectivity index (χ0v) is 16.4. The van der Waals surface area contributed by atoms with E-state index in [9.17, 15) is 17.6 Å². The average molecular weight is 393 g/mol.